The van der Waals surface area contributed by atoms with Crippen molar-refractivity contribution in [2.45, 2.75) is 36.3 Å². The number of nitrogens with zero attached hydrogens (tertiary/aromatic N) is 1. The fraction of sp³-hybridized carbons (Fsp3) is 0.909. The van der Waals surface area contributed by atoms with E-state index in [1.807, 2.05) is 0 Å². The van der Waals surface area contributed by atoms with E-state index in [-0.39, 0.29) is 19.8 Å². The number of ether oxygens (including phenoxy) is 1. The molecule has 1 aliphatic rings. The van der Waals surface area contributed by atoms with Crippen LogP contribution in [-0.4, -0.2) is 46.9 Å². The molecule has 0 radical (unpaired) electrons. The van der Waals surface area contributed by atoms with Crippen LogP contribution in [0.4, 0.5) is 4.79 Å². The third-order valence-electron chi connectivity index (χ3n) is 2.80. The largest absolute Gasteiger partial charge is 0.445 e. The van der Waals surface area contributed by atoms with Gasteiger partial charge in [0.2, 0.25) is 3.79 Å². The van der Waals surface area contributed by atoms with E-state index in [1.54, 1.807) is 13.8 Å². The van der Waals surface area contributed by atoms with Crippen LogP contribution in [0.1, 0.15) is 26.7 Å². The molecule has 0 N–H and O–H groups in total. The molecule has 0 aromatic heterocycles. The van der Waals surface area contributed by atoms with E-state index >= 15 is 0 Å². The van der Waals surface area contributed by atoms with Gasteiger partial charge in [0, 0.05) is 6.54 Å². The minimum Gasteiger partial charge on any atom is -0.445 e. The van der Waals surface area contributed by atoms with E-state index in [0.29, 0.717) is 19.4 Å². The SMILES string of the molecule is CCOP(=O)(OCC)C1CCCN1C(=O)OCC(Cl)(Cl)Cl. The number of hydrogen-bond donors (Lipinski definition) is 0. The third-order valence-corrected chi connectivity index (χ3v) is 5.63. The molecule has 10 heteroatoms. The summed E-state index contributed by atoms with van der Waals surface area (Å²) in [6.45, 7) is 3.90. The van der Waals surface area contributed by atoms with Crippen molar-refractivity contribution >= 4 is 48.5 Å². The second kappa shape index (κ2) is 8.23. The van der Waals surface area contributed by atoms with Gasteiger partial charge in [-0.3, -0.25) is 9.46 Å². The molecule has 21 heavy (non-hydrogen) atoms. The van der Waals surface area contributed by atoms with Crippen LogP contribution in [0.15, 0.2) is 0 Å². The van der Waals surface area contributed by atoms with Crippen LogP contribution in [0.25, 0.3) is 0 Å². The number of alkyl halides is 3. The van der Waals surface area contributed by atoms with Crippen molar-refractivity contribution in [3.63, 3.8) is 0 Å². The number of amides is 1. The summed E-state index contributed by atoms with van der Waals surface area (Å²) in [7, 11) is -3.42. The Kier molecular flexibility index (Phi) is 7.58. The smallest absolute Gasteiger partial charge is 0.410 e. The first-order chi connectivity index (χ1) is 9.73. The first kappa shape index (κ1) is 19.3. The first-order valence-corrected chi connectivity index (χ1v) is 9.37. The summed E-state index contributed by atoms with van der Waals surface area (Å²) in [6, 6.07) is 0. The van der Waals surface area contributed by atoms with E-state index in [4.69, 9.17) is 48.6 Å². The van der Waals surface area contributed by atoms with Gasteiger partial charge in [-0.15, -0.1) is 0 Å². The molecule has 0 bridgehead atoms. The minimum atomic E-state index is -3.42. The molecule has 1 heterocycles. The summed E-state index contributed by atoms with van der Waals surface area (Å²) in [4.78, 5) is 13.4. The maximum absolute atomic E-state index is 12.8. The Morgan fingerprint density at radius 1 is 1.29 bits per heavy atom. The second-order valence-electron chi connectivity index (χ2n) is 4.36. The number of carbonyl (C=O) groups excluding carboxylic acids is 1. The molecule has 1 aliphatic heterocycles. The number of carbonyl (C=O) groups is 1. The molecule has 0 aromatic carbocycles. The molecule has 6 nitrogen and oxygen atoms in total. The monoisotopic (exact) mass is 381 g/mol. The summed E-state index contributed by atoms with van der Waals surface area (Å²) < 4.78 is 26.6. The molecule has 1 atom stereocenters. The van der Waals surface area contributed by atoms with Gasteiger partial charge in [-0.25, -0.2) is 4.79 Å². The maximum atomic E-state index is 12.8. The minimum absolute atomic E-state index is 0.227. The molecule has 0 aliphatic carbocycles. The normalized spacial score (nSPS) is 19.9. The summed E-state index contributed by atoms with van der Waals surface area (Å²) in [5.41, 5.74) is 0. The van der Waals surface area contributed by atoms with Crippen LogP contribution in [0, 0.1) is 0 Å². The number of likely N-dealkylation sites (tertiary alicyclic amines) is 1. The van der Waals surface area contributed by atoms with Gasteiger partial charge in [0.25, 0.3) is 0 Å². The molecule has 0 spiro atoms. The highest BCUT2D eigenvalue weighted by atomic mass is 35.6. The summed E-state index contributed by atoms with van der Waals surface area (Å²) in [6.07, 6.45) is 0.501. The zero-order chi connectivity index (χ0) is 16.1. The van der Waals surface area contributed by atoms with Crippen molar-refractivity contribution in [3.05, 3.63) is 0 Å². The topological polar surface area (TPSA) is 65.1 Å². The highest BCUT2D eigenvalue weighted by Gasteiger charge is 2.45. The number of halogens is 3. The van der Waals surface area contributed by atoms with Gasteiger partial charge in [0.15, 0.2) is 0 Å². The van der Waals surface area contributed by atoms with Gasteiger partial charge in [-0.2, -0.15) is 0 Å². The molecule has 0 aromatic rings. The quantitative estimate of drug-likeness (QED) is 0.509. The van der Waals surface area contributed by atoms with Crippen LogP contribution in [-0.2, 0) is 18.3 Å². The number of hydrogen-bond acceptors (Lipinski definition) is 5. The van der Waals surface area contributed by atoms with Crippen molar-refractivity contribution in [3.8, 4) is 0 Å². The van der Waals surface area contributed by atoms with Crippen molar-refractivity contribution in [2.24, 2.45) is 0 Å². The van der Waals surface area contributed by atoms with Crippen molar-refractivity contribution in [2.75, 3.05) is 26.4 Å². The molecule has 1 amide bonds. The zero-order valence-electron chi connectivity index (χ0n) is 11.9. The van der Waals surface area contributed by atoms with Crippen LogP contribution < -0.4 is 0 Å². The molecule has 0 saturated carbocycles. The zero-order valence-corrected chi connectivity index (χ0v) is 15.1. The predicted octanol–water partition coefficient (Wildman–Crippen LogP) is 4.18. The summed E-state index contributed by atoms with van der Waals surface area (Å²) in [5.74, 6) is -0.666. The van der Waals surface area contributed by atoms with Gasteiger partial charge in [0.1, 0.15) is 12.4 Å². The lowest BCUT2D eigenvalue weighted by Crippen LogP contribution is -2.38. The third kappa shape index (κ3) is 5.77. The lowest BCUT2D eigenvalue weighted by molar-refractivity contribution is 0.101. The fourth-order valence-electron chi connectivity index (χ4n) is 2.09. The Morgan fingerprint density at radius 2 is 1.86 bits per heavy atom. The molecule has 124 valence electrons. The van der Waals surface area contributed by atoms with Crippen LogP contribution in [0.2, 0.25) is 0 Å². The second-order valence-corrected chi connectivity index (χ2v) is 9.07. The van der Waals surface area contributed by atoms with Crippen LogP contribution in [0.3, 0.4) is 0 Å². The highest BCUT2D eigenvalue weighted by Crippen LogP contribution is 2.57. The van der Waals surface area contributed by atoms with Crippen molar-refractivity contribution in [1.29, 1.82) is 0 Å². The van der Waals surface area contributed by atoms with E-state index in [9.17, 15) is 9.36 Å². The van der Waals surface area contributed by atoms with Gasteiger partial charge >= 0.3 is 13.7 Å². The molecular weight excluding hydrogens is 363 g/mol. The Hall–Kier alpha value is 0.290. The fourth-order valence-corrected chi connectivity index (χ4v) is 4.44. The first-order valence-electron chi connectivity index (χ1n) is 6.62. The lowest BCUT2D eigenvalue weighted by Gasteiger charge is -2.30. The maximum Gasteiger partial charge on any atom is 0.410 e. The average molecular weight is 383 g/mol. The molecule has 1 fully saturated rings. The van der Waals surface area contributed by atoms with E-state index < -0.39 is 23.3 Å². The van der Waals surface area contributed by atoms with E-state index in [2.05, 4.69) is 0 Å². The van der Waals surface area contributed by atoms with Crippen molar-refractivity contribution in [1.82, 2.24) is 4.90 Å². The van der Waals surface area contributed by atoms with Gasteiger partial charge in [-0.05, 0) is 26.7 Å². The highest BCUT2D eigenvalue weighted by molar-refractivity contribution is 7.54. The van der Waals surface area contributed by atoms with Gasteiger partial charge in [0.05, 0.1) is 13.2 Å². The van der Waals surface area contributed by atoms with Crippen molar-refractivity contribution < 1.29 is 23.1 Å². The molecule has 1 saturated heterocycles. The molecular formula is C11H19Cl3NO5P. The summed E-state index contributed by atoms with van der Waals surface area (Å²) >= 11 is 16.6. The Balaban J connectivity index is 2.77. The Bertz CT molecular complexity index is 394. The van der Waals surface area contributed by atoms with E-state index in [0.717, 1.165) is 0 Å². The lowest BCUT2D eigenvalue weighted by atomic mass is 10.4. The molecule has 1 unspecified atom stereocenters. The molecule has 1 rings (SSSR count). The van der Waals surface area contributed by atoms with Gasteiger partial charge in [-0.1, -0.05) is 34.8 Å². The van der Waals surface area contributed by atoms with Crippen LogP contribution in [0.5, 0.6) is 0 Å². The Morgan fingerprint density at radius 3 is 2.33 bits per heavy atom. The average Bonchev–Trinajstić information content (AvgIpc) is 2.85. The Labute approximate surface area is 139 Å². The summed E-state index contributed by atoms with van der Waals surface area (Å²) in [5, 5.41) is 0. The van der Waals surface area contributed by atoms with E-state index in [1.165, 1.54) is 4.90 Å². The standard InChI is InChI=1S/C11H19Cl3NO5P/c1-3-19-21(17,20-4-2)9-6-5-7-15(9)10(16)18-8-11(12,13)14/h9H,3-8H2,1-2H3. The van der Waals surface area contributed by atoms with Crippen LogP contribution >= 0.6 is 42.4 Å². The predicted molar refractivity (Wildman–Crippen MR) is 82.2 cm³/mol. The van der Waals surface area contributed by atoms with Gasteiger partial charge < -0.3 is 13.8 Å². The number of rotatable bonds is 6.